The number of pyridine rings is 1. The third-order valence-electron chi connectivity index (χ3n) is 11.5. The average molecular weight is 734 g/mol. The molecule has 10 aromatic rings. The number of hydrogen-bond acceptors (Lipinski definition) is 4. The van der Waals surface area contributed by atoms with Crippen LogP contribution in [0.4, 0.5) is 0 Å². The lowest BCUT2D eigenvalue weighted by Crippen LogP contribution is -2.14. The van der Waals surface area contributed by atoms with Crippen LogP contribution in [-0.4, -0.2) is 15.0 Å². The molecule has 0 unspecified atom stereocenters. The first-order valence-electron chi connectivity index (χ1n) is 19.1. The Labute approximate surface area is 329 Å². The summed E-state index contributed by atoms with van der Waals surface area (Å²) in [7, 11) is 0. The molecule has 264 valence electrons. The van der Waals surface area contributed by atoms with Gasteiger partial charge in [-0.25, -0.2) is 15.0 Å². The summed E-state index contributed by atoms with van der Waals surface area (Å²) in [4.78, 5) is 15.6. The molecule has 3 heterocycles. The molecule has 0 spiro atoms. The largest absolute Gasteiger partial charge is 0.246 e. The van der Waals surface area contributed by atoms with Crippen molar-refractivity contribution in [2.24, 2.45) is 0 Å². The van der Waals surface area contributed by atoms with E-state index in [-0.39, 0.29) is 5.41 Å². The predicted molar refractivity (Wildman–Crippen MR) is 235 cm³/mol. The van der Waals surface area contributed by atoms with Crippen LogP contribution in [-0.2, 0) is 5.41 Å². The molecule has 7 aromatic carbocycles. The van der Waals surface area contributed by atoms with Gasteiger partial charge in [0.05, 0.1) is 27.3 Å². The second-order valence-corrected chi connectivity index (χ2v) is 16.3. The molecule has 3 nitrogen and oxygen atoms in total. The van der Waals surface area contributed by atoms with Crippen molar-refractivity contribution in [1.82, 2.24) is 15.0 Å². The molecule has 3 aromatic heterocycles. The fraction of sp³-hybridized carbons (Fsp3) is 0.0577. The number of thiophene rings is 1. The van der Waals surface area contributed by atoms with Crippen LogP contribution < -0.4 is 0 Å². The van der Waals surface area contributed by atoms with E-state index in [1.807, 2.05) is 29.5 Å². The fourth-order valence-electron chi connectivity index (χ4n) is 8.61. The van der Waals surface area contributed by atoms with Crippen LogP contribution in [0.3, 0.4) is 0 Å². The van der Waals surface area contributed by atoms with Crippen molar-refractivity contribution >= 4 is 42.4 Å². The average Bonchev–Trinajstić information content (AvgIpc) is 3.75. The van der Waals surface area contributed by atoms with Crippen molar-refractivity contribution in [1.29, 1.82) is 0 Å². The van der Waals surface area contributed by atoms with Crippen molar-refractivity contribution < 1.29 is 0 Å². The highest BCUT2D eigenvalue weighted by atomic mass is 32.1. The number of hydrogen-bond donors (Lipinski definition) is 0. The van der Waals surface area contributed by atoms with Gasteiger partial charge in [0.1, 0.15) is 0 Å². The fourth-order valence-corrected chi connectivity index (χ4v) is 9.79. The summed E-state index contributed by atoms with van der Waals surface area (Å²) in [5, 5.41) is 3.60. The van der Waals surface area contributed by atoms with E-state index >= 15 is 0 Å². The number of rotatable bonds is 5. The second-order valence-electron chi connectivity index (χ2n) is 15.2. The minimum absolute atomic E-state index is 0.0601. The van der Waals surface area contributed by atoms with Gasteiger partial charge in [-0.1, -0.05) is 166 Å². The molecule has 0 bridgehead atoms. The quantitative estimate of drug-likeness (QED) is 0.177. The van der Waals surface area contributed by atoms with Crippen molar-refractivity contribution in [3.63, 3.8) is 0 Å². The Bertz CT molecular complexity index is 3160. The summed E-state index contributed by atoms with van der Waals surface area (Å²) >= 11 is 1.82. The molecule has 0 fully saturated rings. The molecule has 0 atom stereocenters. The molecule has 0 saturated heterocycles. The van der Waals surface area contributed by atoms with Crippen LogP contribution in [0.5, 0.6) is 0 Å². The van der Waals surface area contributed by atoms with Crippen molar-refractivity contribution in [3.8, 4) is 67.4 Å². The van der Waals surface area contributed by atoms with E-state index < -0.39 is 0 Å². The van der Waals surface area contributed by atoms with Gasteiger partial charge in [-0.15, -0.1) is 11.3 Å². The highest BCUT2D eigenvalue weighted by Gasteiger charge is 2.35. The van der Waals surface area contributed by atoms with Gasteiger partial charge >= 0.3 is 0 Å². The van der Waals surface area contributed by atoms with Gasteiger partial charge in [-0.3, -0.25) is 0 Å². The Morgan fingerprint density at radius 1 is 0.411 bits per heavy atom. The maximum Gasteiger partial charge on any atom is 0.160 e. The highest BCUT2D eigenvalue weighted by Crippen LogP contribution is 2.49. The molecule has 0 saturated carbocycles. The molecule has 0 N–H and O–H groups in total. The van der Waals surface area contributed by atoms with E-state index in [1.54, 1.807) is 0 Å². The molecule has 11 rings (SSSR count). The number of aromatic nitrogens is 3. The van der Waals surface area contributed by atoms with Gasteiger partial charge in [0.15, 0.2) is 5.82 Å². The Morgan fingerprint density at radius 3 is 1.86 bits per heavy atom. The maximum atomic E-state index is 5.33. The van der Waals surface area contributed by atoms with Gasteiger partial charge in [0.25, 0.3) is 0 Å². The summed E-state index contributed by atoms with van der Waals surface area (Å²) in [6.07, 6.45) is 0. The topological polar surface area (TPSA) is 38.7 Å². The summed E-state index contributed by atoms with van der Waals surface area (Å²) in [6, 6.07) is 62.8. The number of benzene rings is 7. The maximum absolute atomic E-state index is 5.33. The molecular weight excluding hydrogens is 699 g/mol. The van der Waals surface area contributed by atoms with Crippen LogP contribution in [0.25, 0.3) is 98.5 Å². The Morgan fingerprint density at radius 2 is 1.02 bits per heavy atom. The van der Waals surface area contributed by atoms with E-state index in [2.05, 4.69) is 172 Å². The summed E-state index contributed by atoms with van der Waals surface area (Å²) < 4.78 is 2.49. The van der Waals surface area contributed by atoms with Crippen LogP contribution in [0.1, 0.15) is 25.0 Å². The molecule has 0 aliphatic heterocycles. The molecule has 1 aliphatic rings. The minimum atomic E-state index is -0.0601. The normalized spacial score (nSPS) is 13.0. The SMILES string of the molecule is CC1(C)c2ccccc2-c2ccc(-c3cccc(-c4cc(-c5ccc(-c6nc7c8ccccc8sc7c7ccccc67)cc5)nc(-c5ccccc5)n4)c3)cc21. The smallest absolute Gasteiger partial charge is 0.160 e. The van der Waals surface area contributed by atoms with Crippen LogP contribution in [0.15, 0.2) is 176 Å². The first-order valence-corrected chi connectivity index (χ1v) is 19.9. The van der Waals surface area contributed by atoms with Gasteiger partial charge in [-0.05, 0) is 57.6 Å². The summed E-state index contributed by atoms with van der Waals surface area (Å²) in [5.41, 5.74) is 15.7. The third kappa shape index (κ3) is 5.21. The lowest BCUT2D eigenvalue weighted by molar-refractivity contribution is 0.660. The lowest BCUT2D eigenvalue weighted by Gasteiger charge is -2.22. The Balaban J connectivity index is 1.00. The van der Waals surface area contributed by atoms with Gasteiger partial charge in [-0.2, -0.15) is 0 Å². The van der Waals surface area contributed by atoms with Crippen LogP contribution in [0, 0.1) is 0 Å². The van der Waals surface area contributed by atoms with Crippen molar-refractivity contribution in [2.45, 2.75) is 19.3 Å². The molecule has 0 amide bonds. The first-order chi connectivity index (χ1) is 27.5. The van der Waals surface area contributed by atoms with Gasteiger partial charge in [0, 0.05) is 48.5 Å². The molecule has 1 aliphatic carbocycles. The van der Waals surface area contributed by atoms with E-state index in [0.717, 1.165) is 55.8 Å². The summed E-state index contributed by atoms with van der Waals surface area (Å²) in [6.45, 7) is 4.67. The zero-order valence-electron chi connectivity index (χ0n) is 31.0. The van der Waals surface area contributed by atoms with E-state index in [9.17, 15) is 0 Å². The Hall–Kier alpha value is -6.75. The highest BCUT2D eigenvalue weighted by molar-refractivity contribution is 7.26. The van der Waals surface area contributed by atoms with Gasteiger partial charge in [0.2, 0.25) is 0 Å². The van der Waals surface area contributed by atoms with Crippen LogP contribution in [0.2, 0.25) is 0 Å². The minimum Gasteiger partial charge on any atom is -0.246 e. The zero-order valence-corrected chi connectivity index (χ0v) is 31.8. The molecule has 0 radical (unpaired) electrons. The standard InChI is InChI=1S/C52H35N3S/c1-52(2)43-21-10-8-17-38(43)39-28-27-36(30-44(39)52)35-15-12-16-37(29-35)46-31-45(53-51(54-46)34-13-4-3-5-14-34)32-23-25-33(26-24-32)48-40-18-6-7-19-41(40)50-49(55-48)42-20-9-11-22-47(42)56-50/h3-31H,1-2H3. The van der Waals surface area contributed by atoms with Crippen LogP contribution >= 0.6 is 11.3 Å². The van der Waals surface area contributed by atoms with E-state index in [0.29, 0.717) is 5.82 Å². The van der Waals surface area contributed by atoms with Crippen molar-refractivity contribution in [2.75, 3.05) is 0 Å². The van der Waals surface area contributed by atoms with Gasteiger partial charge < -0.3 is 0 Å². The van der Waals surface area contributed by atoms with E-state index in [4.69, 9.17) is 15.0 Å². The Kier molecular flexibility index (Phi) is 7.38. The predicted octanol–water partition coefficient (Wildman–Crippen LogP) is 14.0. The molecule has 56 heavy (non-hydrogen) atoms. The number of fused-ring (bicyclic) bond motifs is 8. The lowest BCUT2D eigenvalue weighted by atomic mass is 9.81. The first kappa shape index (κ1) is 32.7. The van der Waals surface area contributed by atoms with Crippen molar-refractivity contribution in [3.05, 3.63) is 187 Å². The summed E-state index contributed by atoms with van der Waals surface area (Å²) in [5.74, 6) is 0.701. The monoisotopic (exact) mass is 733 g/mol. The van der Waals surface area contributed by atoms with E-state index in [1.165, 1.54) is 48.0 Å². The third-order valence-corrected chi connectivity index (χ3v) is 12.7. The molecular formula is C52H35N3S. The number of nitrogens with zero attached hydrogens (tertiary/aromatic N) is 3. The molecule has 4 heteroatoms. The zero-order chi connectivity index (χ0) is 37.4. The second kappa shape index (κ2) is 12.7.